The number of carboxylic acid groups (broad SMARTS) is 1. The predicted octanol–water partition coefficient (Wildman–Crippen LogP) is -4.15. The molecule has 0 saturated heterocycles. The number of aliphatic hydroxyl groups is 4. The zero-order valence-electron chi connectivity index (χ0n) is 23.9. The molecule has 0 bridgehead atoms. The van der Waals surface area contributed by atoms with Crippen LogP contribution in [0.5, 0.6) is 0 Å². The second-order valence-corrected chi connectivity index (χ2v) is 9.78. The van der Waals surface area contributed by atoms with E-state index in [1.54, 1.807) is 0 Å². The summed E-state index contributed by atoms with van der Waals surface area (Å²) in [6, 6.07) is -2.93. The molecule has 3 amide bonds. The lowest BCUT2D eigenvalue weighted by Gasteiger charge is -2.24. The van der Waals surface area contributed by atoms with Crippen LogP contribution in [-0.2, 0) is 28.7 Å². The molecule has 0 aliphatic heterocycles. The second-order valence-electron chi connectivity index (χ2n) is 9.78. The van der Waals surface area contributed by atoms with Crippen molar-refractivity contribution in [3.8, 4) is 0 Å². The van der Waals surface area contributed by atoms with Crippen LogP contribution in [0.2, 0.25) is 0 Å². The van der Waals surface area contributed by atoms with Crippen molar-refractivity contribution in [2.75, 3.05) is 26.7 Å². The Hall–Kier alpha value is -2.93. The average molecular weight is 608 g/mol. The number of carbonyl (C=O) groups excluding carboxylic acids is 4. The number of unbranched alkanes of at least 4 members (excludes halogenated alkanes) is 3. The zero-order chi connectivity index (χ0) is 32.2. The fraction of sp³-hybridized carbons (Fsp3) is 0.800. The molecule has 0 aromatic heterocycles. The fourth-order valence-electron chi connectivity index (χ4n) is 3.79. The van der Waals surface area contributed by atoms with Gasteiger partial charge in [-0.3, -0.25) is 20.1 Å². The number of esters is 1. The smallest absolute Gasteiger partial charge is 0.335 e. The Bertz CT molecular complexity index is 850. The molecule has 0 aromatic rings. The van der Waals surface area contributed by atoms with E-state index in [2.05, 4.69) is 16.0 Å². The highest BCUT2D eigenvalue weighted by molar-refractivity contribution is 5.92. The molecule has 1 radical (unpaired) electrons. The van der Waals surface area contributed by atoms with Crippen molar-refractivity contribution < 1.29 is 54.2 Å². The molecule has 0 spiro atoms. The molecular weight excluding hydrogens is 560 g/mol. The first-order valence-electron chi connectivity index (χ1n) is 13.8. The van der Waals surface area contributed by atoms with Gasteiger partial charge in [-0.1, -0.05) is 0 Å². The summed E-state index contributed by atoms with van der Waals surface area (Å²) in [5, 5.41) is 54.4. The Labute approximate surface area is 244 Å². The van der Waals surface area contributed by atoms with Crippen molar-refractivity contribution in [3.05, 3.63) is 0 Å². The minimum atomic E-state index is -2.41. The normalized spacial score (nSPS) is 16.2. The van der Waals surface area contributed by atoms with Gasteiger partial charge in [0.1, 0.15) is 24.3 Å². The number of carbonyl (C=O) groups is 5. The Morgan fingerprint density at radius 2 is 1.31 bits per heavy atom. The van der Waals surface area contributed by atoms with Gasteiger partial charge in [0.15, 0.2) is 12.2 Å². The number of rotatable bonds is 23. The number of hydrogen-bond donors (Lipinski definition) is 10. The van der Waals surface area contributed by atoms with E-state index >= 15 is 0 Å². The number of aliphatic hydroxyl groups excluding tert-OH is 4. The maximum absolute atomic E-state index is 13.0. The van der Waals surface area contributed by atoms with Gasteiger partial charge in [0, 0.05) is 13.1 Å². The Balaban J connectivity index is 4.86. The average Bonchev–Trinajstić information content (AvgIpc) is 2.97. The highest BCUT2D eigenvalue weighted by Gasteiger charge is 2.37. The van der Waals surface area contributed by atoms with E-state index in [4.69, 9.17) is 27.0 Å². The van der Waals surface area contributed by atoms with Gasteiger partial charge in [-0.05, 0) is 64.3 Å². The van der Waals surface area contributed by atoms with Gasteiger partial charge in [0.05, 0.1) is 13.2 Å². The summed E-state index contributed by atoms with van der Waals surface area (Å²) in [5.74, 6) is -4.80. The lowest BCUT2D eigenvalue weighted by molar-refractivity contribution is -0.166. The topological polar surface area (TPSA) is 308 Å². The van der Waals surface area contributed by atoms with Crippen molar-refractivity contribution in [2.24, 2.45) is 11.5 Å². The standard InChI is InChI=1S/C25H47N6O11/c1-42-25(41)16(10-3-6-12-27)31-22(37)15(9-2-5-11-26)30-21(36)14(28)8-4-7-13-29-23(38)19(34)17(32)18(33)20(35)24(39)40/h14-20,27,32-35H,2-13,26,28H2,1H3,(H,29,38)(H,30,36)(H,31,37)(H,39,40)/t14-,15+,16?,17+,18-,19-,20+/m1/s1. The van der Waals surface area contributed by atoms with Crippen LogP contribution in [0.1, 0.15) is 57.8 Å². The molecule has 0 rings (SSSR count). The summed E-state index contributed by atoms with van der Waals surface area (Å²) >= 11 is 0. The minimum absolute atomic E-state index is 0.0201. The van der Waals surface area contributed by atoms with E-state index < -0.39 is 72.2 Å². The first-order chi connectivity index (χ1) is 19.8. The molecule has 17 heteroatoms. The third-order valence-corrected chi connectivity index (χ3v) is 6.40. The lowest BCUT2D eigenvalue weighted by atomic mass is 10.0. The first-order valence-corrected chi connectivity index (χ1v) is 13.8. The van der Waals surface area contributed by atoms with E-state index in [1.165, 1.54) is 7.11 Å². The summed E-state index contributed by atoms with van der Waals surface area (Å²) in [6.07, 6.45) is -5.68. The molecule has 0 fully saturated rings. The van der Waals surface area contributed by atoms with E-state index in [0.29, 0.717) is 38.6 Å². The van der Waals surface area contributed by atoms with Gasteiger partial charge in [0.25, 0.3) is 5.91 Å². The monoisotopic (exact) mass is 607 g/mol. The second kappa shape index (κ2) is 21.7. The van der Waals surface area contributed by atoms with E-state index in [-0.39, 0.29) is 38.8 Å². The third kappa shape index (κ3) is 14.8. The summed E-state index contributed by atoms with van der Waals surface area (Å²) < 4.78 is 4.75. The predicted molar refractivity (Wildman–Crippen MR) is 147 cm³/mol. The molecule has 0 heterocycles. The molecule has 0 aliphatic carbocycles. The van der Waals surface area contributed by atoms with Crippen LogP contribution < -0.4 is 33.2 Å². The van der Waals surface area contributed by atoms with Crippen LogP contribution in [-0.4, -0.2) is 124 Å². The molecule has 0 aliphatic rings. The van der Waals surface area contributed by atoms with Crippen molar-refractivity contribution in [2.45, 2.75) is 100 Å². The number of hydrogen-bond acceptors (Lipinski definition) is 12. The first kappa shape index (κ1) is 39.1. The zero-order valence-corrected chi connectivity index (χ0v) is 23.9. The van der Waals surface area contributed by atoms with Gasteiger partial charge in [-0.2, -0.15) is 0 Å². The van der Waals surface area contributed by atoms with Crippen LogP contribution in [0.3, 0.4) is 0 Å². The van der Waals surface area contributed by atoms with Gasteiger partial charge in [-0.25, -0.2) is 9.59 Å². The fourth-order valence-corrected chi connectivity index (χ4v) is 3.79. The van der Waals surface area contributed by atoms with Crippen LogP contribution in [0.4, 0.5) is 0 Å². The molecular formula is C25H47N6O11. The number of nitrogens with two attached hydrogens (primary N) is 2. The molecule has 42 heavy (non-hydrogen) atoms. The van der Waals surface area contributed by atoms with Crippen molar-refractivity contribution in [1.82, 2.24) is 21.7 Å². The Kier molecular flexibility index (Phi) is 20.2. The summed E-state index contributed by atoms with van der Waals surface area (Å²) in [6.45, 7) is 0.545. The summed E-state index contributed by atoms with van der Waals surface area (Å²) in [7, 11) is 1.20. The number of methoxy groups -OCH3 is 1. The van der Waals surface area contributed by atoms with Crippen LogP contribution >= 0.6 is 0 Å². The van der Waals surface area contributed by atoms with Crippen molar-refractivity contribution in [1.29, 1.82) is 0 Å². The SMILES string of the molecule is COC(=O)C(CCCC[NH])NC(=O)[C@H](CCCCN)NC(=O)[C@H](N)CCCCNC(=O)[C@H](O)[C@@H](O)[C@@H](O)[C@H](O)C(=O)O. The minimum Gasteiger partial charge on any atom is -0.479 e. The van der Waals surface area contributed by atoms with E-state index in [9.17, 15) is 44.4 Å². The molecule has 1 unspecified atom stereocenters. The van der Waals surface area contributed by atoms with Crippen LogP contribution in [0.25, 0.3) is 0 Å². The van der Waals surface area contributed by atoms with Gasteiger partial charge >= 0.3 is 11.9 Å². The molecule has 13 N–H and O–H groups in total. The number of nitrogens with one attached hydrogen (secondary N) is 4. The van der Waals surface area contributed by atoms with E-state index in [1.807, 2.05) is 0 Å². The maximum Gasteiger partial charge on any atom is 0.335 e. The van der Waals surface area contributed by atoms with Crippen LogP contribution in [0.15, 0.2) is 0 Å². The van der Waals surface area contributed by atoms with E-state index in [0.717, 1.165) is 0 Å². The van der Waals surface area contributed by atoms with Crippen molar-refractivity contribution >= 4 is 29.7 Å². The molecule has 243 valence electrons. The molecule has 0 aromatic carbocycles. The Morgan fingerprint density at radius 3 is 1.88 bits per heavy atom. The highest BCUT2D eigenvalue weighted by atomic mass is 16.5. The number of amides is 3. The highest BCUT2D eigenvalue weighted by Crippen LogP contribution is 2.09. The number of carboxylic acids is 1. The lowest BCUT2D eigenvalue weighted by Crippen LogP contribution is -2.54. The number of aliphatic carboxylic acids is 1. The molecule has 7 atom stereocenters. The van der Waals surface area contributed by atoms with Gasteiger partial charge < -0.3 is 57.7 Å². The summed E-state index contributed by atoms with van der Waals surface area (Å²) in [5.41, 5.74) is 18.7. The van der Waals surface area contributed by atoms with Crippen LogP contribution in [0, 0.1) is 0 Å². The van der Waals surface area contributed by atoms with Gasteiger partial charge in [-0.15, -0.1) is 0 Å². The third-order valence-electron chi connectivity index (χ3n) is 6.40. The quantitative estimate of drug-likeness (QED) is 0.0390. The van der Waals surface area contributed by atoms with Crippen molar-refractivity contribution in [3.63, 3.8) is 0 Å². The molecule has 0 saturated carbocycles. The molecule has 17 nitrogen and oxygen atoms in total. The number of ether oxygens (including phenoxy) is 1. The van der Waals surface area contributed by atoms with Gasteiger partial charge in [0.2, 0.25) is 11.8 Å². The maximum atomic E-state index is 13.0. The Morgan fingerprint density at radius 1 is 0.762 bits per heavy atom. The largest absolute Gasteiger partial charge is 0.479 e. The summed E-state index contributed by atoms with van der Waals surface area (Å²) in [4.78, 5) is 60.4.